The number of nitrogens with two attached hydrogens (primary N) is 1. The van der Waals surface area contributed by atoms with E-state index in [1.54, 1.807) is 0 Å². The number of hydrogen-bond donors (Lipinski definition) is 2. The molecule has 1 saturated carbocycles. The minimum atomic E-state index is -0.0675. The van der Waals surface area contributed by atoms with Crippen LogP contribution in [0.1, 0.15) is 56.9 Å². The summed E-state index contributed by atoms with van der Waals surface area (Å²) in [6.45, 7) is 0. The van der Waals surface area contributed by atoms with Crippen molar-refractivity contribution >= 4 is 0 Å². The zero-order valence-electron chi connectivity index (χ0n) is 13.3. The summed E-state index contributed by atoms with van der Waals surface area (Å²) in [5.74, 6) is 5.86. The molecule has 1 aromatic carbocycles. The van der Waals surface area contributed by atoms with Gasteiger partial charge in [0.1, 0.15) is 0 Å². The topological polar surface area (TPSA) is 47.3 Å². The second-order valence-electron chi connectivity index (χ2n) is 6.28. The highest BCUT2D eigenvalue weighted by atomic mass is 16.5. The van der Waals surface area contributed by atoms with Crippen molar-refractivity contribution in [1.82, 2.24) is 5.43 Å². The molecule has 1 aliphatic rings. The van der Waals surface area contributed by atoms with E-state index < -0.39 is 0 Å². The van der Waals surface area contributed by atoms with Crippen LogP contribution in [0.2, 0.25) is 0 Å². The Labute approximate surface area is 129 Å². The molecule has 0 bridgehead atoms. The van der Waals surface area contributed by atoms with Crippen molar-refractivity contribution in [3.63, 3.8) is 0 Å². The quantitative estimate of drug-likeness (QED) is 0.458. The molecule has 3 nitrogen and oxygen atoms in total. The van der Waals surface area contributed by atoms with E-state index in [1.807, 2.05) is 7.11 Å². The van der Waals surface area contributed by atoms with Gasteiger partial charge in [-0.1, -0.05) is 56.0 Å². The fourth-order valence-electron chi connectivity index (χ4n) is 3.68. The molecule has 0 saturated heterocycles. The van der Waals surface area contributed by atoms with E-state index >= 15 is 0 Å². The second-order valence-corrected chi connectivity index (χ2v) is 6.28. The third kappa shape index (κ3) is 4.53. The summed E-state index contributed by atoms with van der Waals surface area (Å²) >= 11 is 0. The van der Waals surface area contributed by atoms with Gasteiger partial charge in [-0.2, -0.15) is 0 Å². The third-order valence-electron chi connectivity index (χ3n) is 4.99. The first-order valence-corrected chi connectivity index (χ1v) is 8.36. The molecule has 118 valence electrons. The molecular formula is C18H30N2O. The number of rotatable bonds is 7. The molecule has 1 fully saturated rings. The molecule has 2 rings (SSSR count). The first-order chi connectivity index (χ1) is 10.3. The van der Waals surface area contributed by atoms with Crippen LogP contribution in [0, 0.1) is 0 Å². The van der Waals surface area contributed by atoms with Gasteiger partial charge in [0.05, 0.1) is 11.6 Å². The van der Waals surface area contributed by atoms with Gasteiger partial charge in [0.15, 0.2) is 0 Å². The fraction of sp³-hybridized carbons (Fsp3) is 0.667. The van der Waals surface area contributed by atoms with Crippen LogP contribution in [-0.4, -0.2) is 18.8 Å². The van der Waals surface area contributed by atoms with E-state index in [9.17, 15) is 0 Å². The van der Waals surface area contributed by atoms with Gasteiger partial charge in [-0.05, 0) is 37.7 Å². The van der Waals surface area contributed by atoms with Crippen LogP contribution in [0.25, 0.3) is 0 Å². The lowest BCUT2D eigenvalue weighted by atomic mass is 9.83. The average molecular weight is 290 g/mol. The Morgan fingerprint density at radius 2 is 1.81 bits per heavy atom. The highest BCUT2D eigenvalue weighted by molar-refractivity contribution is 5.14. The molecule has 0 aromatic heterocycles. The van der Waals surface area contributed by atoms with Crippen LogP contribution < -0.4 is 11.3 Å². The highest BCUT2D eigenvalue weighted by Gasteiger charge is 2.38. The van der Waals surface area contributed by atoms with Gasteiger partial charge in [-0.15, -0.1) is 0 Å². The van der Waals surface area contributed by atoms with Gasteiger partial charge in [0.25, 0.3) is 0 Å². The molecular weight excluding hydrogens is 260 g/mol. The van der Waals surface area contributed by atoms with Crippen molar-refractivity contribution in [2.24, 2.45) is 5.84 Å². The molecule has 1 unspecified atom stereocenters. The van der Waals surface area contributed by atoms with Gasteiger partial charge < -0.3 is 4.74 Å². The van der Waals surface area contributed by atoms with Crippen LogP contribution in [-0.2, 0) is 11.2 Å². The molecule has 1 aromatic rings. The van der Waals surface area contributed by atoms with Gasteiger partial charge in [-0.3, -0.25) is 11.3 Å². The molecule has 21 heavy (non-hydrogen) atoms. The zero-order valence-corrected chi connectivity index (χ0v) is 13.3. The van der Waals surface area contributed by atoms with E-state index in [2.05, 4.69) is 35.8 Å². The molecule has 0 radical (unpaired) electrons. The number of hydrogen-bond acceptors (Lipinski definition) is 3. The molecule has 0 spiro atoms. The first kappa shape index (κ1) is 16.5. The summed E-state index contributed by atoms with van der Waals surface area (Å²) in [6, 6.07) is 10.9. The monoisotopic (exact) mass is 290 g/mol. The molecule has 3 heteroatoms. The predicted molar refractivity (Wildman–Crippen MR) is 87.9 cm³/mol. The number of methoxy groups -OCH3 is 1. The van der Waals surface area contributed by atoms with Gasteiger partial charge in [-0.25, -0.2) is 0 Å². The van der Waals surface area contributed by atoms with Crippen LogP contribution in [0.3, 0.4) is 0 Å². The fourth-order valence-corrected chi connectivity index (χ4v) is 3.68. The van der Waals surface area contributed by atoms with Crippen LogP contribution in [0.15, 0.2) is 30.3 Å². The Morgan fingerprint density at radius 3 is 2.38 bits per heavy atom. The Morgan fingerprint density at radius 1 is 1.14 bits per heavy atom. The SMILES string of the molecule is COC1(C(CCCc2ccccc2)NN)CCCCCC1. The second kappa shape index (κ2) is 8.52. The number of benzene rings is 1. The zero-order chi connectivity index (χ0) is 15.0. The summed E-state index contributed by atoms with van der Waals surface area (Å²) in [5.41, 5.74) is 4.39. The summed E-state index contributed by atoms with van der Waals surface area (Å²) < 4.78 is 5.97. The van der Waals surface area contributed by atoms with Crippen LogP contribution >= 0.6 is 0 Å². The van der Waals surface area contributed by atoms with Gasteiger partial charge in [0, 0.05) is 7.11 Å². The van der Waals surface area contributed by atoms with Gasteiger partial charge >= 0.3 is 0 Å². The van der Waals surface area contributed by atoms with Gasteiger partial charge in [0.2, 0.25) is 0 Å². The first-order valence-electron chi connectivity index (χ1n) is 8.36. The van der Waals surface area contributed by atoms with Crippen molar-refractivity contribution in [2.45, 2.75) is 69.4 Å². The van der Waals surface area contributed by atoms with E-state index in [1.165, 1.54) is 31.2 Å². The van der Waals surface area contributed by atoms with E-state index in [0.717, 1.165) is 32.1 Å². The number of nitrogens with one attached hydrogen (secondary N) is 1. The predicted octanol–water partition coefficient (Wildman–Crippen LogP) is 3.58. The van der Waals surface area contributed by atoms with Crippen molar-refractivity contribution in [3.8, 4) is 0 Å². The van der Waals surface area contributed by atoms with E-state index in [0.29, 0.717) is 0 Å². The summed E-state index contributed by atoms with van der Waals surface area (Å²) in [7, 11) is 1.85. The Hall–Kier alpha value is -0.900. The smallest absolute Gasteiger partial charge is 0.0844 e. The maximum atomic E-state index is 5.97. The minimum absolute atomic E-state index is 0.0675. The Balaban J connectivity index is 1.91. The summed E-state index contributed by atoms with van der Waals surface area (Å²) in [5, 5.41) is 0. The van der Waals surface area contributed by atoms with Crippen LogP contribution in [0.4, 0.5) is 0 Å². The minimum Gasteiger partial charge on any atom is -0.377 e. The molecule has 3 N–H and O–H groups in total. The Bertz CT molecular complexity index is 385. The lowest BCUT2D eigenvalue weighted by Gasteiger charge is -2.39. The van der Waals surface area contributed by atoms with E-state index in [4.69, 9.17) is 10.6 Å². The van der Waals surface area contributed by atoms with E-state index in [-0.39, 0.29) is 11.6 Å². The average Bonchev–Trinajstić information content (AvgIpc) is 2.79. The number of hydrazine groups is 1. The normalized spacial score (nSPS) is 19.9. The number of aryl methyl sites for hydroxylation is 1. The number of ether oxygens (including phenoxy) is 1. The maximum absolute atomic E-state index is 5.97. The lowest BCUT2D eigenvalue weighted by molar-refractivity contribution is -0.0552. The largest absolute Gasteiger partial charge is 0.377 e. The Kier molecular flexibility index (Phi) is 6.68. The summed E-state index contributed by atoms with van der Waals surface area (Å²) in [6.07, 6.45) is 10.7. The molecule has 0 aliphatic heterocycles. The molecule has 0 amide bonds. The van der Waals surface area contributed by atoms with Crippen LogP contribution in [0.5, 0.6) is 0 Å². The van der Waals surface area contributed by atoms with Crippen molar-refractivity contribution in [1.29, 1.82) is 0 Å². The molecule has 0 heterocycles. The molecule has 1 aliphatic carbocycles. The van der Waals surface area contributed by atoms with Crippen molar-refractivity contribution in [3.05, 3.63) is 35.9 Å². The standard InChI is InChI=1S/C18H30N2O/c1-21-18(14-7-2-3-8-15-18)17(20-19)13-9-12-16-10-5-4-6-11-16/h4-6,10-11,17,20H,2-3,7-9,12-15,19H2,1H3. The van der Waals surface area contributed by atoms with Crippen molar-refractivity contribution < 1.29 is 4.74 Å². The molecule has 1 atom stereocenters. The summed E-state index contributed by atoms with van der Waals surface area (Å²) in [4.78, 5) is 0. The third-order valence-corrected chi connectivity index (χ3v) is 4.99. The van der Waals surface area contributed by atoms with Crippen molar-refractivity contribution in [2.75, 3.05) is 7.11 Å². The lowest BCUT2D eigenvalue weighted by Crippen LogP contribution is -2.54. The highest BCUT2D eigenvalue weighted by Crippen LogP contribution is 2.34. The maximum Gasteiger partial charge on any atom is 0.0844 e.